The number of rotatable bonds is 6. The van der Waals surface area contributed by atoms with Gasteiger partial charge in [0.25, 0.3) is 0 Å². The van der Waals surface area contributed by atoms with Crippen LogP contribution in [0.2, 0.25) is 0 Å². The molecule has 0 aliphatic rings. The van der Waals surface area contributed by atoms with E-state index in [4.69, 9.17) is 0 Å². The van der Waals surface area contributed by atoms with Gasteiger partial charge in [-0.1, -0.05) is 13.8 Å². The molecule has 0 aliphatic heterocycles. The predicted octanol–water partition coefficient (Wildman–Crippen LogP) is 2.09. The largest absolute Gasteiger partial charge is 0.370 e. The van der Waals surface area contributed by atoms with Crippen molar-refractivity contribution in [3.8, 4) is 0 Å². The summed E-state index contributed by atoms with van der Waals surface area (Å²) in [6.07, 6.45) is 2.62. The van der Waals surface area contributed by atoms with Crippen molar-refractivity contribution in [2.45, 2.75) is 33.1 Å². The van der Waals surface area contributed by atoms with Crippen molar-refractivity contribution in [2.75, 3.05) is 23.9 Å². The molecule has 1 atom stereocenters. The Morgan fingerprint density at radius 2 is 2.12 bits per heavy atom. The highest BCUT2D eigenvalue weighted by molar-refractivity contribution is 7.84. The zero-order chi connectivity index (χ0) is 12.8. The zero-order valence-electron chi connectivity index (χ0n) is 11.0. The van der Waals surface area contributed by atoms with Crippen molar-refractivity contribution >= 4 is 16.6 Å². The molecule has 1 N–H and O–H groups in total. The fourth-order valence-electron chi connectivity index (χ4n) is 1.43. The van der Waals surface area contributed by atoms with Crippen LogP contribution in [0.3, 0.4) is 0 Å². The minimum absolute atomic E-state index is 0.332. The van der Waals surface area contributed by atoms with Crippen molar-refractivity contribution in [3.63, 3.8) is 0 Å². The summed E-state index contributed by atoms with van der Waals surface area (Å²) in [6, 6.07) is 1.94. The molecule has 1 aromatic heterocycles. The predicted molar refractivity (Wildman–Crippen MR) is 72.9 cm³/mol. The second-order valence-electron chi connectivity index (χ2n) is 4.47. The molecular formula is C12H21N3OS. The van der Waals surface area contributed by atoms with Gasteiger partial charge in [-0.15, -0.1) is 0 Å². The molecule has 0 fully saturated rings. The molecule has 1 rings (SSSR count). The fraction of sp³-hybridized carbons (Fsp3) is 0.667. The van der Waals surface area contributed by atoms with Gasteiger partial charge in [0.05, 0.1) is 0 Å². The SMILES string of the molecule is Cc1cc(NCCCS(C)=O)nc(C(C)C)n1. The number of hydrogen-bond acceptors (Lipinski definition) is 4. The number of nitrogens with zero attached hydrogens (tertiary/aromatic N) is 2. The van der Waals surface area contributed by atoms with Gasteiger partial charge in [0, 0.05) is 47.0 Å². The summed E-state index contributed by atoms with van der Waals surface area (Å²) in [7, 11) is -0.712. The maximum absolute atomic E-state index is 10.9. The van der Waals surface area contributed by atoms with Crippen LogP contribution in [0.5, 0.6) is 0 Å². The van der Waals surface area contributed by atoms with Crippen molar-refractivity contribution in [2.24, 2.45) is 0 Å². The Bertz CT molecular complexity index is 393. The monoisotopic (exact) mass is 255 g/mol. The van der Waals surface area contributed by atoms with E-state index in [1.165, 1.54) is 0 Å². The van der Waals surface area contributed by atoms with E-state index in [9.17, 15) is 4.21 Å². The van der Waals surface area contributed by atoms with E-state index in [1.54, 1.807) is 6.26 Å². The van der Waals surface area contributed by atoms with Crippen molar-refractivity contribution in [1.29, 1.82) is 0 Å². The van der Waals surface area contributed by atoms with Crippen LogP contribution in [-0.4, -0.2) is 32.7 Å². The lowest BCUT2D eigenvalue weighted by Crippen LogP contribution is -2.09. The molecule has 0 aromatic carbocycles. The van der Waals surface area contributed by atoms with Gasteiger partial charge in [0.15, 0.2) is 0 Å². The van der Waals surface area contributed by atoms with Gasteiger partial charge in [0.2, 0.25) is 0 Å². The lowest BCUT2D eigenvalue weighted by molar-refractivity contribution is 0.685. The van der Waals surface area contributed by atoms with Crippen LogP contribution in [0.1, 0.15) is 37.7 Å². The molecule has 1 unspecified atom stereocenters. The van der Waals surface area contributed by atoms with E-state index >= 15 is 0 Å². The zero-order valence-corrected chi connectivity index (χ0v) is 11.8. The van der Waals surface area contributed by atoms with Gasteiger partial charge in [-0.3, -0.25) is 4.21 Å². The Morgan fingerprint density at radius 3 is 2.71 bits per heavy atom. The summed E-state index contributed by atoms with van der Waals surface area (Å²) in [6.45, 7) is 6.94. The molecule has 5 heteroatoms. The third-order valence-corrected chi connectivity index (χ3v) is 3.17. The minimum atomic E-state index is -0.712. The summed E-state index contributed by atoms with van der Waals surface area (Å²) in [5, 5.41) is 3.25. The molecule has 0 aliphatic carbocycles. The quantitative estimate of drug-likeness (QED) is 0.791. The molecule has 0 saturated carbocycles. The third-order valence-electron chi connectivity index (χ3n) is 2.30. The lowest BCUT2D eigenvalue weighted by atomic mass is 10.2. The highest BCUT2D eigenvalue weighted by Crippen LogP contribution is 2.13. The molecular weight excluding hydrogens is 234 g/mol. The van der Waals surface area contributed by atoms with Crippen molar-refractivity contribution in [3.05, 3.63) is 17.6 Å². The minimum Gasteiger partial charge on any atom is -0.370 e. The average Bonchev–Trinajstić information content (AvgIpc) is 2.23. The molecule has 0 amide bonds. The average molecular weight is 255 g/mol. The second kappa shape index (κ2) is 6.69. The van der Waals surface area contributed by atoms with Crippen molar-refractivity contribution < 1.29 is 4.21 Å². The number of hydrogen-bond donors (Lipinski definition) is 1. The second-order valence-corrected chi connectivity index (χ2v) is 6.02. The standard InChI is InChI=1S/C12H21N3OS/c1-9(2)12-14-10(3)8-11(15-12)13-6-5-7-17(4)16/h8-9H,5-7H2,1-4H3,(H,13,14,15). The van der Waals surface area contributed by atoms with Crippen LogP contribution in [0.15, 0.2) is 6.07 Å². The van der Waals surface area contributed by atoms with Gasteiger partial charge in [-0.05, 0) is 13.3 Å². The molecule has 0 radical (unpaired) electrons. The Balaban J connectivity index is 2.55. The fourth-order valence-corrected chi connectivity index (χ4v) is 1.98. The van der Waals surface area contributed by atoms with E-state index in [2.05, 4.69) is 29.1 Å². The first-order chi connectivity index (χ1) is 7.99. The molecule has 0 bridgehead atoms. The first kappa shape index (κ1) is 14.1. The molecule has 4 nitrogen and oxygen atoms in total. The van der Waals surface area contributed by atoms with Crippen LogP contribution in [0.4, 0.5) is 5.82 Å². The van der Waals surface area contributed by atoms with Crippen LogP contribution >= 0.6 is 0 Å². The molecule has 1 heterocycles. The topological polar surface area (TPSA) is 54.9 Å². The van der Waals surface area contributed by atoms with Gasteiger partial charge < -0.3 is 5.32 Å². The van der Waals surface area contributed by atoms with Gasteiger partial charge in [-0.2, -0.15) is 0 Å². The summed E-state index contributed by atoms with van der Waals surface area (Å²) in [4.78, 5) is 8.84. The van der Waals surface area contributed by atoms with Gasteiger partial charge in [-0.25, -0.2) is 9.97 Å². The van der Waals surface area contributed by atoms with E-state index < -0.39 is 10.8 Å². The highest BCUT2D eigenvalue weighted by atomic mass is 32.2. The molecule has 0 saturated heterocycles. The van der Waals surface area contributed by atoms with Crippen LogP contribution in [0.25, 0.3) is 0 Å². The highest BCUT2D eigenvalue weighted by Gasteiger charge is 2.05. The third kappa shape index (κ3) is 5.26. The number of aryl methyl sites for hydroxylation is 1. The van der Waals surface area contributed by atoms with Gasteiger partial charge >= 0.3 is 0 Å². The van der Waals surface area contributed by atoms with Crippen LogP contribution in [-0.2, 0) is 10.8 Å². The first-order valence-electron chi connectivity index (χ1n) is 5.88. The number of nitrogens with one attached hydrogen (secondary N) is 1. The Hall–Kier alpha value is -0.970. The first-order valence-corrected chi connectivity index (χ1v) is 7.61. The number of aromatic nitrogens is 2. The summed E-state index contributed by atoms with van der Waals surface area (Å²) in [5.41, 5.74) is 0.977. The van der Waals surface area contributed by atoms with Crippen LogP contribution < -0.4 is 5.32 Å². The Labute approximate surface area is 106 Å². The lowest BCUT2D eigenvalue weighted by Gasteiger charge is -2.09. The molecule has 0 spiro atoms. The molecule has 1 aromatic rings. The van der Waals surface area contributed by atoms with E-state index in [-0.39, 0.29) is 0 Å². The summed E-state index contributed by atoms with van der Waals surface area (Å²) >= 11 is 0. The normalized spacial score (nSPS) is 12.8. The molecule has 96 valence electrons. The summed E-state index contributed by atoms with van der Waals surface area (Å²) in [5.74, 6) is 2.79. The Morgan fingerprint density at radius 1 is 1.41 bits per heavy atom. The number of anilines is 1. The maximum Gasteiger partial charge on any atom is 0.133 e. The maximum atomic E-state index is 10.9. The van der Waals surface area contributed by atoms with Crippen LogP contribution in [0, 0.1) is 6.92 Å². The van der Waals surface area contributed by atoms with Gasteiger partial charge in [0.1, 0.15) is 11.6 Å². The van der Waals surface area contributed by atoms with Crippen molar-refractivity contribution in [1.82, 2.24) is 9.97 Å². The van der Waals surface area contributed by atoms with E-state index in [1.807, 2.05) is 13.0 Å². The van der Waals surface area contributed by atoms with E-state index in [0.717, 1.165) is 36.1 Å². The Kier molecular flexibility index (Phi) is 5.55. The summed E-state index contributed by atoms with van der Waals surface area (Å²) < 4.78 is 10.9. The smallest absolute Gasteiger partial charge is 0.133 e. The van der Waals surface area contributed by atoms with E-state index in [0.29, 0.717) is 5.92 Å². The molecule has 17 heavy (non-hydrogen) atoms.